The minimum atomic E-state index is -0.765. The first-order valence-corrected chi connectivity index (χ1v) is 7.89. The van der Waals surface area contributed by atoms with Gasteiger partial charge in [-0.3, -0.25) is 4.79 Å². The summed E-state index contributed by atoms with van der Waals surface area (Å²) in [6.07, 6.45) is 3.62. The second-order valence-electron chi connectivity index (χ2n) is 7.08. The minimum Gasteiger partial charge on any atom is -0.377 e. The van der Waals surface area contributed by atoms with Gasteiger partial charge in [0.15, 0.2) is 0 Å². The molecule has 0 aromatic carbocycles. The summed E-state index contributed by atoms with van der Waals surface area (Å²) >= 11 is 0. The molecule has 0 aromatic rings. The third-order valence-electron chi connectivity index (χ3n) is 5.74. The molecule has 2 saturated heterocycles. The highest BCUT2D eigenvalue weighted by atomic mass is 16.5. The Morgan fingerprint density at radius 1 is 1.40 bits per heavy atom. The van der Waals surface area contributed by atoms with Crippen LogP contribution in [0.4, 0.5) is 0 Å². The maximum Gasteiger partial charge on any atom is 0.241 e. The van der Waals surface area contributed by atoms with Crippen LogP contribution in [0.15, 0.2) is 0 Å². The van der Waals surface area contributed by atoms with Gasteiger partial charge in [-0.1, -0.05) is 13.8 Å². The Kier molecular flexibility index (Phi) is 3.55. The van der Waals surface area contributed by atoms with Gasteiger partial charge in [-0.25, -0.2) is 0 Å². The van der Waals surface area contributed by atoms with Crippen LogP contribution in [0, 0.1) is 11.3 Å². The summed E-state index contributed by atoms with van der Waals surface area (Å²) in [5.74, 6) is 0.192. The van der Waals surface area contributed by atoms with Gasteiger partial charge in [-0.15, -0.1) is 0 Å². The van der Waals surface area contributed by atoms with Crippen LogP contribution in [0.25, 0.3) is 0 Å². The summed E-state index contributed by atoms with van der Waals surface area (Å²) in [6, 6.07) is 0. The van der Waals surface area contributed by atoms with Crippen LogP contribution in [0.3, 0.4) is 0 Å². The van der Waals surface area contributed by atoms with Crippen LogP contribution in [0.5, 0.6) is 0 Å². The molecule has 20 heavy (non-hydrogen) atoms. The van der Waals surface area contributed by atoms with Crippen LogP contribution in [-0.4, -0.2) is 55.2 Å². The van der Waals surface area contributed by atoms with E-state index in [1.54, 1.807) is 0 Å². The van der Waals surface area contributed by atoms with Crippen molar-refractivity contribution in [1.82, 2.24) is 10.2 Å². The van der Waals surface area contributed by atoms with E-state index in [9.17, 15) is 4.79 Å². The zero-order valence-electron chi connectivity index (χ0n) is 12.7. The molecule has 2 heterocycles. The van der Waals surface area contributed by atoms with Crippen molar-refractivity contribution in [2.75, 3.05) is 32.8 Å². The predicted molar refractivity (Wildman–Crippen MR) is 77.2 cm³/mol. The van der Waals surface area contributed by atoms with E-state index in [2.05, 4.69) is 24.1 Å². The van der Waals surface area contributed by atoms with E-state index >= 15 is 0 Å². The number of carbonyl (C=O) groups is 1. The maximum atomic E-state index is 12.6. The number of hydrogen-bond acceptors (Lipinski definition) is 4. The molecule has 0 spiro atoms. The summed E-state index contributed by atoms with van der Waals surface area (Å²) in [5.41, 5.74) is 5.46. The number of nitrogens with zero attached hydrogens (tertiary/aromatic N) is 1. The molecule has 2 aliphatic heterocycles. The third-order valence-corrected chi connectivity index (χ3v) is 5.74. The molecule has 3 rings (SSSR count). The highest BCUT2D eigenvalue weighted by Gasteiger charge is 2.71. The molecule has 0 radical (unpaired) electrons. The smallest absolute Gasteiger partial charge is 0.241 e. The van der Waals surface area contributed by atoms with Gasteiger partial charge in [0.25, 0.3) is 0 Å². The number of carbonyl (C=O) groups excluding carboxylic acids is 1. The quantitative estimate of drug-likeness (QED) is 0.780. The van der Waals surface area contributed by atoms with Gasteiger partial charge >= 0.3 is 0 Å². The Labute approximate surface area is 121 Å². The standard InChI is InChI=1S/C15H27N3O2/c1-14(2)12-11(5-10-20-12)15(14,16)13(19)17-6-9-18-7-3-4-8-18/h11-12H,3-10,16H2,1-2H3,(H,17,19). The van der Waals surface area contributed by atoms with Gasteiger partial charge in [0.05, 0.1) is 6.10 Å². The lowest BCUT2D eigenvalue weighted by Gasteiger charge is -2.60. The molecule has 0 aromatic heterocycles. The van der Waals surface area contributed by atoms with Crippen molar-refractivity contribution < 1.29 is 9.53 Å². The lowest BCUT2D eigenvalue weighted by atomic mass is 9.48. The molecule has 3 N–H and O–H groups in total. The fraction of sp³-hybridized carbons (Fsp3) is 0.933. The predicted octanol–water partition coefficient (Wildman–Crippen LogP) is 0.341. The molecule has 3 fully saturated rings. The molecular weight excluding hydrogens is 254 g/mol. The number of nitrogens with one attached hydrogen (secondary N) is 1. The zero-order chi connectivity index (χ0) is 14.4. The number of ether oxygens (including phenoxy) is 1. The van der Waals surface area contributed by atoms with E-state index in [0.717, 1.165) is 32.7 Å². The average molecular weight is 281 g/mol. The van der Waals surface area contributed by atoms with Crippen molar-refractivity contribution in [3.8, 4) is 0 Å². The Hall–Kier alpha value is -0.650. The number of amides is 1. The van der Waals surface area contributed by atoms with Gasteiger partial charge in [0.1, 0.15) is 5.54 Å². The van der Waals surface area contributed by atoms with E-state index in [1.807, 2.05) is 0 Å². The SMILES string of the molecule is CC1(C)C2OCCC2C1(N)C(=O)NCCN1CCCC1. The molecule has 5 nitrogen and oxygen atoms in total. The Bertz CT molecular complexity index is 393. The molecule has 0 bridgehead atoms. The maximum absolute atomic E-state index is 12.6. The zero-order valence-corrected chi connectivity index (χ0v) is 12.7. The monoisotopic (exact) mass is 281 g/mol. The lowest BCUT2D eigenvalue weighted by molar-refractivity contribution is -0.175. The third kappa shape index (κ3) is 1.90. The van der Waals surface area contributed by atoms with Crippen LogP contribution in [0.1, 0.15) is 33.1 Å². The van der Waals surface area contributed by atoms with E-state index in [-0.39, 0.29) is 23.3 Å². The largest absolute Gasteiger partial charge is 0.377 e. The van der Waals surface area contributed by atoms with Crippen LogP contribution >= 0.6 is 0 Å². The topological polar surface area (TPSA) is 67.6 Å². The highest BCUT2D eigenvalue weighted by molar-refractivity contribution is 5.89. The number of hydrogen-bond donors (Lipinski definition) is 2. The van der Waals surface area contributed by atoms with E-state index in [0.29, 0.717) is 6.54 Å². The van der Waals surface area contributed by atoms with Crippen molar-refractivity contribution >= 4 is 5.91 Å². The van der Waals surface area contributed by atoms with Crippen molar-refractivity contribution in [3.05, 3.63) is 0 Å². The van der Waals surface area contributed by atoms with Gasteiger partial charge < -0.3 is 20.7 Å². The molecular formula is C15H27N3O2. The molecule has 5 heteroatoms. The number of rotatable bonds is 4. The lowest BCUT2D eigenvalue weighted by Crippen LogP contribution is -2.80. The fourth-order valence-corrected chi connectivity index (χ4v) is 4.33. The second kappa shape index (κ2) is 4.97. The van der Waals surface area contributed by atoms with Crippen molar-refractivity contribution in [1.29, 1.82) is 0 Å². The summed E-state index contributed by atoms with van der Waals surface area (Å²) in [7, 11) is 0. The first kappa shape index (κ1) is 14.3. The molecule has 3 atom stereocenters. The number of fused-ring (bicyclic) bond motifs is 1. The van der Waals surface area contributed by atoms with Gasteiger partial charge in [-0.2, -0.15) is 0 Å². The van der Waals surface area contributed by atoms with E-state index in [1.165, 1.54) is 12.8 Å². The van der Waals surface area contributed by atoms with Crippen molar-refractivity contribution in [3.63, 3.8) is 0 Å². The summed E-state index contributed by atoms with van der Waals surface area (Å²) in [6.45, 7) is 8.80. The van der Waals surface area contributed by atoms with Gasteiger partial charge in [0, 0.05) is 31.0 Å². The van der Waals surface area contributed by atoms with E-state index in [4.69, 9.17) is 10.5 Å². The molecule has 3 aliphatic rings. The van der Waals surface area contributed by atoms with Crippen LogP contribution in [-0.2, 0) is 9.53 Å². The van der Waals surface area contributed by atoms with Crippen LogP contribution < -0.4 is 11.1 Å². The normalized spacial score (nSPS) is 39.4. The van der Waals surface area contributed by atoms with E-state index < -0.39 is 5.54 Å². The highest BCUT2D eigenvalue weighted by Crippen LogP contribution is 2.58. The van der Waals surface area contributed by atoms with Crippen LogP contribution in [0.2, 0.25) is 0 Å². The number of nitrogens with two attached hydrogens (primary N) is 1. The summed E-state index contributed by atoms with van der Waals surface area (Å²) in [4.78, 5) is 15.0. The molecule has 1 amide bonds. The summed E-state index contributed by atoms with van der Waals surface area (Å²) < 4.78 is 5.73. The fourth-order valence-electron chi connectivity index (χ4n) is 4.33. The first-order chi connectivity index (χ1) is 9.48. The molecule has 1 saturated carbocycles. The molecule has 3 unspecified atom stereocenters. The Morgan fingerprint density at radius 3 is 2.80 bits per heavy atom. The minimum absolute atomic E-state index is 0.00782. The van der Waals surface area contributed by atoms with Crippen molar-refractivity contribution in [2.45, 2.75) is 44.8 Å². The second-order valence-corrected chi connectivity index (χ2v) is 7.08. The Balaban J connectivity index is 1.56. The van der Waals surface area contributed by atoms with Gasteiger partial charge in [-0.05, 0) is 32.4 Å². The summed E-state index contributed by atoms with van der Waals surface area (Å²) in [5, 5.41) is 3.06. The molecule has 1 aliphatic carbocycles. The first-order valence-electron chi connectivity index (χ1n) is 7.89. The number of likely N-dealkylation sites (tertiary alicyclic amines) is 1. The van der Waals surface area contributed by atoms with Crippen molar-refractivity contribution in [2.24, 2.45) is 17.1 Å². The molecule has 114 valence electrons. The van der Waals surface area contributed by atoms with Gasteiger partial charge in [0.2, 0.25) is 5.91 Å². The Morgan fingerprint density at radius 2 is 2.10 bits per heavy atom. The average Bonchev–Trinajstić information content (AvgIpc) is 3.07.